The highest BCUT2D eigenvalue weighted by molar-refractivity contribution is 5.80. The molecule has 2 bridgehead atoms. The Morgan fingerprint density at radius 1 is 1.08 bits per heavy atom. The summed E-state index contributed by atoms with van der Waals surface area (Å²) >= 11 is 0. The van der Waals surface area contributed by atoms with Gasteiger partial charge in [0, 0.05) is 17.8 Å². The zero-order valence-corrected chi connectivity index (χ0v) is 14.3. The minimum absolute atomic E-state index is 0.00613. The third kappa shape index (κ3) is 1.65. The van der Waals surface area contributed by atoms with E-state index >= 15 is 0 Å². The first-order valence-electron chi connectivity index (χ1n) is 9.48. The highest BCUT2D eigenvalue weighted by Gasteiger charge is 2.68. The zero-order chi connectivity index (χ0) is 16.7. The molecule has 2 spiro atoms. The Balaban J connectivity index is 1.50. The first kappa shape index (κ1) is 15.2. The molecule has 0 aromatic rings. The summed E-state index contributed by atoms with van der Waals surface area (Å²) in [4.78, 5) is 24.3. The number of ether oxygens (including phenoxy) is 2. The molecular formula is C19H26O5. The van der Waals surface area contributed by atoms with Crippen LogP contribution in [0.5, 0.6) is 0 Å². The van der Waals surface area contributed by atoms with Crippen LogP contribution in [0.1, 0.15) is 58.3 Å². The van der Waals surface area contributed by atoms with Crippen LogP contribution < -0.4 is 0 Å². The van der Waals surface area contributed by atoms with Crippen molar-refractivity contribution in [1.82, 2.24) is 0 Å². The second-order valence-corrected chi connectivity index (χ2v) is 9.28. The second kappa shape index (κ2) is 4.54. The van der Waals surface area contributed by atoms with Crippen molar-refractivity contribution in [3.05, 3.63) is 0 Å². The normalized spacial score (nSPS) is 55.8. The zero-order valence-electron chi connectivity index (χ0n) is 14.3. The fourth-order valence-corrected chi connectivity index (χ4v) is 7.12. The predicted octanol–water partition coefficient (Wildman–Crippen LogP) is 2.20. The van der Waals surface area contributed by atoms with Gasteiger partial charge in [-0.15, -0.1) is 0 Å². The average Bonchev–Trinajstić information content (AvgIpc) is 2.93. The average molecular weight is 334 g/mol. The van der Waals surface area contributed by atoms with Crippen molar-refractivity contribution >= 4 is 11.9 Å². The molecule has 0 amide bonds. The van der Waals surface area contributed by atoms with Crippen molar-refractivity contribution in [3.8, 4) is 0 Å². The highest BCUT2D eigenvalue weighted by Crippen LogP contribution is 2.65. The maximum Gasteiger partial charge on any atom is 0.335 e. The summed E-state index contributed by atoms with van der Waals surface area (Å²) in [5.41, 5.74) is -0.967. The minimum atomic E-state index is -0.973. The Morgan fingerprint density at radius 2 is 1.88 bits per heavy atom. The fourth-order valence-electron chi connectivity index (χ4n) is 7.12. The molecule has 5 fully saturated rings. The summed E-state index contributed by atoms with van der Waals surface area (Å²) < 4.78 is 11.3. The van der Waals surface area contributed by atoms with Crippen molar-refractivity contribution in [2.75, 3.05) is 6.61 Å². The van der Waals surface area contributed by atoms with Gasteiger partial charge in [-0.2, -0.15) is 0 Å². The lowest BCUT2D eigenvalue weighted by atomic mass is 9.47. The number of aliphatic hydroxyl groups excluding tert-OH is 1. The van der Waals surface area contributed by atoms with Crippen LogP contribution in [0.2, 0.25) is 0 Å². The smallest absolute Gasteiger partial charge is 0.335 e. The number of carbonyl (C=O) groups excluding carboxylic acids is 2. The van der Waals surface area contributed by atoms with E-state index < -0.39 is 17.5 Å². The lowest BCUT2D eigenvalue weighted by Crippen LogP contribution is -2.58. The molecule has 0 unspecified atom stereocenters. The summed E-state index contributed by atoms with van der Waals surface area (Å²) in [5, 5.41) is 10.6. The monoisotopic (exact) mass is 334 g/mol. The van der Waals surface area contributed by atoms with Gasteiger partial charge in [-0.1, -0.05) is 6.42 Å². The van der Waals surface area contributed by atoms with Crippen LogP contribution in [0.25, 0.3) is 0 Å². The Morgan fingerprint density at radius 3 is 2.62 bits per heavy atom. The lowest BCUT2D eigenvalue weighted by molar-refractivity contribution is -0.175. The first-order valence-corrected chi connectivity index (χ1v) is 9.48. The molecule has 0 aromatic carbocycles. The standard InChI is InChI=1S/C19H26O5/c1-17-7-4-13-11-3-2-6-18(10-23-15(21)14(18)20)12(11)5-8-19(13,9-17)24-16(17)22/h11-14,20H,2-10H2,1H3/t11-,12+,13+,14-,17+,18+,19+/m1/s1. The molecule has 132 valence electrons. The fraction of sp³-hybridized carbons (Fsp3) is 0.895. The molecule has 2 saturated heterocycles. The Kier molecular flexibility index (Phi) is 2.87. The molecule has 5 nitrogen and oxygen atoms in total. The van der Waals surface area contributed by atoms with Gasteiger partial charge < -0.3 is 14.6 Å². The van der Waals surface area contributed by atoms with Crippen LogP contribution >= 0.6 is 0 Å². The molecule has 0 aromatic heterocycles. The van der Waals surface area contributed by atoms with Gasteiger partial charge in [-0.05, 0) is 57.3 Å². The summed E-state index contributed by atoms with van der Waals surface area (Å²) in [6.07, 6.45) is 6.65. The Hall–Kier alpha value is -1.10. The van der Waals surface area contributed by atoms with Crippen molar-refractivity contribution < 1.29 is 24.2 Å². The molecule has 3 saturated carbocycles. The van der Waals surface area contributed by atoms with Crippen molar-refractivity contribution in [3.63, 3.8) is 0 Å². The second-order valence-electron chi connectivity index (χ2n) is 9.28. The highest BCUT2D eigenvalue weighted by atomic mass is 16.6. The lowest BCUT2D eigenvalue weighted by Gasteiger charge is -2.57. The van der Waals surface area contributed by atoms with Gasteiger partial charge >= 0.3 is 11.9 Å². The molecule has 0 radical (unpaired) electrons. The number of cyclic esters (lactones) is 1. The van der Waals surface area contributed by atoms with Crippen molar-refractivity contribution in [2.24, 2.45) is 28.6 Å². The molecule has 5 aliphatic rings. The van der Waals surface area contributed by atoms with Crippen LogP contribution in [-0.4, -0.2) is 35.4 Å². The minimum Gasteiger partial charge on any atom is -0.463 e. The van der Waals surface area contributed by atoms with Gasteiger partial charge in [0.25, 0.3) is 0 Å². The third-order valence-corrected chi connectivity index (χ3v) is 8.24. The number of carbonyl (C=O) groups is 2. The van der Waals surface area contributed by atoms with E-state index in [1.54, 1.807) is 0 Å². The molecule has 3 aliphatic carbocycles. The van der Waals surface area contributed by atoms with E-state index in [1.807, 2.05) is 0 Å². The van der Waals surface area contributed by atoms with Gasteiger partial charge in [0.2, 0.25) is 0 Å². The molecule has 2 aliphatic heterocycles. The van der Waals surface area contributed by atoms with Crippen LogP contribution in [0.15, 0.2) is 0 Å². The van der Waals surface area contributed by atoms with Crippen LogP contribution in [0, 0.1) is 28.6 Å². The Bertz CT molecular complexity index is 617. The maximum atomic E-state index is 12.4. The predicted molar refractivity (Wildman–Crippen MR) is 83.7 cm³/mol. The summed E-state index contributed by atoms with van der Waals surface area (Å²) in [6.45, 7) is 2.42. The van der Waals surface area contributed by atoms with E-state index in [9.17, 15) is 14.7 Å². The number of esters is 2. The molecule has 7 atom stereocenters. The van der Waals surface area contributed by atoms with Gasteiger partial charge in [-0.25, -0.2) is 4.79 Å². The summed E-state index contributed by atoms with van der Waals surface area (Å²) in [6, 6.07) is 0. The number of aliphatic hydroxyl groups is 1. The molecule has 5 heteroatoms. The van der Waals surface area contributed by atoms with E-state index in [4.69, 9.17) is 9.47 Å². The Labute approximate surface area is 142 Å². The van der Waals surface area contributed by atoms with Crippen molar-refractivity contribution in [2.45, 2.75) is 70.0 Å². The number of hydrogen-bond donors (Lipinski definition) is 1. The third-order valence-electron chi connectivity index (χ3n) is 8.24. The topological polar surface area (TPSA) is 72.8 Å². The number of hydrogen-bond acceptors (Lipinski definition) is 5. The SMILES string of the molecule is C[C@]12CC[C@H]3[C@@H]4CCC[C@]5(COC(=O)[C@H]5O)[C@H]4CC[C@@]3(C1)OC2=O. The molecule has 5 rings (SSSR count). The van der Waals surface area contributed by atoms with E-state index in [2.05, 4.69) is 6.92 Å². The van der Waals surface area contributed by atoms with Gasteiger partial charge in [-0.3, -0.25) is 4.79 Å². The largest absolute Gasteiger partial charge is 0.463 e. The number of fused-ring (bicyclic) bond motifs is 4. The first-order chi connectivity index (χ1) is 11.4. The van der Waals surface area contributed by atoms with E-state index in [0.29, 0.717) is 24.4 Å². The van der Waals surface area contributed by atoms with Crippen LogP contribution in [0.4, 0.5) is 0 Å². The summed E-state index contributed by atoms with van der Waals surface area (Å²) in [5.74, 6) is 0.683. The van der Waals surface area contributed by atoms with Gasteiger partial charge in [0.15, 0.2) is 6.10 Å². The van der Waals surface area contributed by atoms with Crippen LogP contribution in [-0.2, 0) is 19.1 Å². The van der Waals surface area contributed by atoms with Gasteiger partial charge in [0.05, 0.1) is 5.41 Å². The van der Waals surface area contributed by atoms with E-state index in [-0.39, 0.29) is 17.0 Å². The quantitative estimate of drug-likeness (QED) is 0.688. The van der Waals surface area contributed by atoms with E-state index in [0.717, 1.165) is 51.4 Å². The summed E-state index contributed by atoms with van der Waals surface area (Å²) in [7, 11) is 0. The van der Waals surface area contributed by atoms with Crippen molar-refractivity contribution in [1.29, 1.82) is 0 Å². The van der Waals surface area contributed by atoms with Gasteiger partial charge in [0.1, 0.15) is 12.2 Å². The molecular weight excluding hydrogens is 308 g/mol. The number of rotatable bonds is 0. The van der Waals surface area contributed by atoms with E-state index in [1.165, 1.54) is 0 Å². The molecule has 1 N–H and O–H groups in total. The molecule has 2 heterocycles. The maximum absolute atomic E-state index is 12.4. The molecule has 24 heavy (non-hydrogen) atoms. The van der Waals surface area contributed by atoms with Crippen LogP contribution in [0.3, 0.4) is 0 Å².